The van der Waals surface area contributed by atoms with Crippen molar-refractivity contribution >= 4 is 0 Å². The van der Waals surface area contributed by atoms with Crippen LogP contribution in [0.2, 0.25) is 0 Å². The van der Waals surface area contributed by atoms with E-state index < -0.39 is 0 Å². The maximum absolute atomic E-state index is 5.71. The van der Waals surface area contributed by atoms with Crippen molar-refractivity contribution in [1.29, 1.82) is 0 Å². The van der Waals surface area contributed by atoms with Crippen LogP contribution in [0.25, 0.3) is 0 Å². The Morgan fingerprint density at radius 3 is 2.30 bits per heavy atom. The third-order valence-corrected chi connectivity index (χ3v) is 2.94. The molecule has 0 fully saturated rings. The summed E-state index contributed by atoms with van der Waals surface area (Å²) >= 11 is 0. The smallest absolute Gasteiger partial charge is 0.213 e. The number of ether oxygens (including phenoxy) is 3. The second-order valence-electron chi connectivity index (χ2n) is 4.33. The van der Waals surface area contributed by atoms with E-state index in [9.17, 15) is 0 Å². The number of rotatable bonds is 6. The number of methoxy groups -OCH3 is 2. The van der Waals surface area contributed by atoms with Gasteiger partial charge >= 0.3 is 0 Å². The molecule has 20 heavy (non-hydrogen) atoms. The highest BCUT2D eigenvalue weighted by Crippen LogP contribution is 2.23. The van der Waals surface area contributed by atoms with Gasteiger partial charge in [-0.2, -0.15) is 0 Å². The van der Waals surface area contributed by atoms with Gasteiger partial charge in [0.15, 0.2) is 0 Å². The van der Waals surface area contributed by atoms with Gasteiger partial charge in [0.25, 0.3) is 0 Å². The van der Waals surface area contributed by atoms with Gasteiger partial charge in [-0.15, -0.1) is 0 Å². The molecule has 0 amide bonds. The molecule has 2 aromatic rings. The van der Waals surface area contributed by atoms with Crippen molar-refractivity contribution in [1.82, 2.24) is 4.98 Å². The zero-order chi connectivity index (χ0) is 14.4. The summed E-state index contributed by atoms with van der Waals surface area (Å²) in [5.74, 6) is 2.13. The molecule has 0 spiro atoms. The Morgan fingerprint density at radius 1 is 1.00 bits per heavy atom. The van der Waals surface area contributed by atoms with E-state index in [4.69, 9.17) is 14.2 Å². The molecule has 1 heterocycles. The Hall–Kier alpha value is -2.23. The van der Waals surface area contributed by atoms with Gasteiger partial charge in [-0.1, -0.05) is 13.0 Å². The summed E-state index contributed by atoms with van der Waals surface area (Å²) in [6.45, 7) is 2.49. The maximum atomic E-state index is 5.71. The lowest BCUT2D eigenvalue weighted by Gasteiger charge is -2.10. The fraction of sp³-hybridized carbons (Fsp3) is 0.312. The first-order valence-electron chi connectivity index (χ1n) is 6.56. The van der Waals surface area contributed by atoms with E-state index in [0.29, 0.717) is 12.5 Å². The molecule has 1 aromatic carbocycles. The monoisotopic (exact) mass is 273 g/mol. The van der Waals surface area contributed by atoms with Crippen LogP contribution >= 0.6 is 0 Å². The van der Waals surface area contributed by atoms with E-state index in [1.54, 1.807) is 14.2 Å². The highest BCUT2D eigenvalue weighted by molar-refractivity contribution is 5.38. The van der Waals surface area contributed by atoms with Crippen LogP contribution in [-0.2, 0) is 13.0 Å². The number of aryl methyl sites for hydroxylation is 1. The van der Waals surface area contributed by atoms with Crippen LogP contribution in [-0.4, -0.2) is 19.2 Å². The quantitative estimate of drug-likeness (QED) is 0.810. The summed E-state index contributed by atoms with van der Waals surface area (Å²) in [6.07, 6.45) is 0.893. The maximum Gasteiger partial charge on any atom is 0.213 e. The minimum atomic E-state index is 0.424. The predicted molar refractivity (Wildman–Crippen MR) is 77.5 cm³/mol. The topological polar surface area (TPSA) is 40.6 Å². The van der Waals surface area contributed by atoms with Gasteiger partial charge in [0.1, 0.15) is 18.1 Å². The lowest BCUT2D eigenvalue weighted by atomic mass is 10.2. The van der Waals surface area contributed by atoms with E-state index in [0.717, 1.165) is 29.2 Å². The Labute approximate surface area is 119 Å². The first-order valence-corrected chi connectivity index (χ1v) is 6.56. The number of nitrogens with zero attached hydrogens (tertiary/aromatic N) is 1. The highest BCUT2D eigenvalue weighted by atomic mass is 16.5. The first-order chi connectivity index (χ1) is 9.75. The minimum absolute atomic E-state index is 0.424. The van der Waals surface area contributed by atoms with Crippen LogP contribution in [0.15, 0.2) is 36.4 Å². The van der Waals surface area contributed by atoms with Gasteiger partial charge in [0.2, 0.25) is 5.88 Å². The predicted octanol–water partition coefficient (Wildman–Crippen LogP) is 3.24. The van der Waals surface area contributed by atoms with Crippen LogP contribution in [0.5, 0.6) is 17.4 Å². The zero-order valence-electron chi connectivity index (χ0n) is 12.1. The molecule has 1 aromatic heterocycles. The summed E-state index contributed by atoms with van der Waals surface area (Å²) in [5, 5.41) is 0. The van der Waals surface area contributed by atoms with E-state index >= 15 is 0 Å². The van der Waals surface area contributed by atoms with Crippen molar-refractivity contribution in [3.05, 3.63) is 47.7 Å². The average Bonchev–Trinajstić information content (AvgIpc) is 2.52. The van der Waals surface area contributed by atoms with Crippen LogP contribution in [0.4, 0.5) is 0 Å². The van der Waals surface area contributed by atoms with Gasteiger partial charge in [-0.05, 0) is 30.2 Å². The molecule has 0 radical (unpaired) electrons. The summed E-state index contributed by atoms with van der Waals surface area (Å²) in [5.41, 5.74) is 2.00. The fourth-order valence-corrected chi connectivity index (χ4v) is 1.84. The lowest BCUT2D eigenvalue weighted by molar-refractivity contribution is 0.291. The number of hydrogen-bond acceptors (Lipinski definition) is 4. The van der Waals surface area contributed by atoms with Gasteiger partial charge in [-0.25, -0.2) is 4.98 Å². The molecule has 106 valence electrons. The van der Waals surface area contributed by atoms with Crippen LogP contribution in [0.1, 0.15) is 18.2 Å². The molecule has 0 aliphatic rings. The SMILES string of the molecule is CCc1cccc(OCc2cc(OC)cc(OC)c2)n1. The van der Waals surface area contributed by atoms with Crippen LogP contribution in [0, 0.1) is 0 Å². The second kappa shape index (κ2) is 6.80. The summed E-state index contributed by atoms with van der Waals surface area (Å²) < 4.78 is 16.2. The molecule has 0 atom stereocenters. The van der Waals surface area contributed by atoms with Crippen molar-refractivity contribution in [2.75, 3.05) is 14.2 Å². The summed E-state index contributed by atoms with van der Waals surface area (Å²) in [7, 11) is 3.26. The largest absolute Gasteiger partial charge is 0.497 e. The Bertz CT molecular complexity index is 547. The van der Waals surface area contributed by atoms with E-state index in [2.05, 4.69) is 11.9 Å². The molecular weight excluding hydrogens is 254 g/mol. The molecular formula is C16H19NO3. The Morgan fingerprint density at radius 2 is 1.70 bits per heavy atom. The molecule has 0 bridgehead atoms. The zero-order valence-corrected chi connectivity index (χ0v) is 12.1. The Kier molecular flexibility index (Phi) is 4.82. The van der Waals surface area contributed by atoms with Crippen molar-refractivity contribution in [3.63, 3.8) is 0 Å². The van der Waals surface area contributed by atoms with Gasteiger partial charge in [-0.3, -0.25) is 0 Å². The molecule has 0 aliphatic heterocycles. The molecule has 0 aliphatic carbocycles. The molecule has 0 saturated heterocycles. The molecule has 0 unspecified atom stereocenters. The van der Waals surface area contributed by atoms with Crippen molar-refractivity contribution < 1.29 is 14.2 Å². The third-order valence-electron chi connectivity index (χ3n) is 2.94. The fourth-order valence-electron chi connectivity index (χ4n) is 1.84. The molecule has 4 nitrogen and oxygen atoms in total. The number of aromatic nitrogens is 1. The first kappa shape index (κ1) is 14.2. The summed E-state index contributed by atoms with van der Waals surface area (Å²) in [6, 6.07) is 11.5. The highest BCUT2D eigenvalue weighted by Gasteiger charge is 2.04. The third kappa shape index (κ3) is 3.63. The minimum Gasteiger partial charge on any atom is -0.497 e. The van der Waals surface area contributed by atoms with E-state index in [1.807, 2.05) is 36.4 Å². The van der Waals surface area contributed by atoms with Crippen LogP contribution in [0.3, 0.4) is 0 Å². The molecule has 0 saturated carbocycles. The van der Waals surface area contributed by atoms with E-state index in [-0.39, 0.29) is 0 Å². The second-order valence-corrected chi connectivity index (χ2v) is 4.33. The number of pyridine rings is 1. The Balaban J connectivity index is 2.09. The molecule has 0 N–H and O–H groups in total. The van der Waals surface area contributed by atoms with Gasteiger partial charge in [0, 0.05) is 17.8 Å². The van der Waals surface area contributed by atoms with E-state index in [1.165, 1.54) is 0 Å². The normalized spacial score (nSPS) is 10.2. The van der Waals surface area contributed by atoms with Gasteiger partial charge in [0.05, 0.1) is 14.2 Å². The lowest BCUT2D eigenvalue weighted by Crippen LogP contribution is -2.00. The number of hydrogen-bond donors (Lipinski definition) is 0. The number of benzene rings is 1. The van der Waals surface area contributed by atoms with Gasteiger partial charge < -0.3 is 14.2 Å². The van der Waals surface area contributed by atoms with Crippen molar-refractivity contribution in [2.24, 2.45) is 0 Å². The van der Waals surface area contributed by atoms with Crippen molar-refractivity contribution in [3.8, 4) is 17.4 Å². The molecule has 4 heteroatoms. The summed E-state index contributed by atoms with van der Waals surface area (Å²) in [4.78, 5) is 4.41. The van der Waals surface area contributed by atoms with Crippen molar-refractivity contribution in [2.45, 2.75) is 20.0 Å². The average molecular weight is 273 g/mol. The van der Waals surface area contributed by atoms with Crippen LogP contribution < -0.4 is 14.2 Å². The molecule has 2 rings (SSSR count). The standard InChI is InChI=1S/C16H19NO3/c1-4-13-6-5-7-16(17-13)20-11-12-8-14(18-2)10-15(9-12)19-3/h5-10H,4,11H2,1-3H3.